The molecule has 0 spiro atoms. The number of rotatable bonds is 8. The molecule has 1 aromatic heterocycles. The van der Waals surface area contributed by atoms with Crippen LogP contribution in [0.5, 0.6) is 0 Å². The van der Waals surface area contributed by atoms with Crippen molar-refractivity contribution in [2.75, 3.05) is 5.32 Å². The van der Waals surface area contributed by atoms with Crippen LogP contribution < -0.4 is 16.0 Å². The van der Waals surface area contributed by atoms with E-state index in [2.05, 4.69) is 45.7 Å². The molecule has 0 radical (unpaired) electrons. The molecule has 1 amide bonds. The lowest BCUT2D eigenvalue weighted by Crippen LogP contribution is -2.13. The second-order valence-electron chi connectivity index (χ2n) is 6.47. The van der Waals surface area contributed by atoms with Crippen LogP contribution in [-0.4, -0.2) is 17.1 Å². The van der Waals surface area contributed by atoms with Gasteiger partial charge in [-0.15, -0.1) is 0 Å². The highest BCUT2D eigenvalue weighted by molar-refractivity contribution is 6.06. The van der Waals surface area contributed by atoms with Crippen LogP contribution in [0.1, 0.15) is 28.4 Å². The molecular formula is C23H23N5O. The zero-order valence-corrected chi connectivity index (χ0v) is 16.3. The molecule has 29 heavy (non-hydrogen) atoms. The standard InChI is InChI=1S/C23H23N5O/c1-5-24-16(4)25-13-11-17(15(2)3)18-9-10-20(22-19(18)14-27-23(22)29)28-21-8-6-7-12-26-21/h5-13,24H,1-2,4,14H2,3H3,(H,26,28)(H,27,29)/b17-11+,25-13?. The van der Waals surface area contributed by atoms with Crippen molar-refractivity contribution in [1.29, 1.82) is 0 Å². The third-order valence-electron chi connectivity index (χ3n) is 4.38. The maximum absolute atomic E-state index is 12.5. The van der Waals surface area contributed by atoms with E-state index in [1.165, 1.54) is 6.20 Å². The average Bonchev–Trinajstić information content (AvgIpc) is 3.09. The quantitative estimate of drug-likeness (QED) is 0.468. The topological polar surface area (TPSA) is 78.4 Å². The largest absolute Gasteiger partial charge is 0.348 e. The molecule has 3 N–H and O–H groups in total. The van der Waals surface area contributed by atoms with Crippen molar-refractivity contribution < 1.29 is 4.79 Å². The Morgan fingerprint density at radius 3 is 2.79 bits per heavy atom. The number of pyridine rings is 1. The molecule has 0 fully saturated rings. The Bertz CT molecular complexity index is 1030. The number of aliphatic imine (C=N–C) groups is 1. The van der Waals surface area contributed by atoms with Gasteiger partial charge in [0, 0.05) is 19.0 Å². The van der Waals surface area contributed by atoms with Crippen molar-refractivity contribution in [3.05, 3.63) is 96.6 Å². The summed E-state index contributed by atoms with van der Waals surface area (Å²) >= 11 is 0. The zero-order chi connectivity index (χ0) is 20.8. The molecule has 2 heterocycles. The van der Waals surface area contributed by atoms with Gasteiger partial charge in [0.2, 0.25) is 0 Å². The Morgan fingerprint density at radius 1 is 1.28 bits per heavy atom. The minimum absolute atomic E-state index is 0.112. The molecule has 3 rings (SSSR count). The molecule has 0 saturated carbocycles. The first kappa shape index (κ1) is 19.8. The Hall–Kier alpha value is -3.93. The summed E-state index contributed by atoms with van der Waals surface area (Å²) in [6, 6.07) is 9.46. The summed E-state index contributed by atoms with van der Waals surface area (Å²) in [6.07, 6.45) is 6.73. The Balaban J connectivity index is 2.01. The van der Waals surface area contributed by atoms with Crippen LogP contribution in [0, 0.1) is 0 Å². The van der Waals surface area contributed by atoms with Gasteiger partial charge in [-0.05, 0) is 54.1 Å². The fourth-order valence-corrected chi connectivity index (χ4v) is 3.10. The minimum Gasteiger partial charge on any atom is -0.348 e. The van der Waals surface area contributed by atoms with E-state index >= 15 is 0 Å². The van der Waals surface area contributed by atoms with Gasteiger partial charge in [0.05, 0.1) is 11.3 Å². The molecule has 146 valence electrons. The number of nitrogens with zero attached hydrogens (tertiary/aromatic N) is 2. The SMILES string of the molecule is C=CNC(=C)N=C/C=C(\C(=C)C)c1ccc(Nc2ccccn2)c2c1CNC2=O. The van der Waals surface area contributed by atoms with E-state index in [0.717, 1.165) is 28.0 Å². The van der Waals surface area contributed by atoms with Crippen LogP contribution in [0.15, 0.2) is 84.9 Å². The van der Waals surface area contributed by atoms with Gasteiger partial charge in [0.15, 0.2) is 0 Å². The first-order valence-corrected chi connectivity index (χ1v) is 9.10. The number of benzene rings is 1. The fraction of sp³-hybridized carbons (Fsp3) is 0.0870. The predicted molar refractivity (Wildman–Crippen MR) is 119 cm³/mol. The van der Waals surface area contributed by atoms with Crippen molar-refractivity contribution in [3.63, 3.8) is 0 Å². The van der Waals surface area contributed by atoms with Gasteiger partial charge in [-0.1, -0.05) is 37.4 Å². The van der Waals surface area contributed by atoms with Gasteiger partial charge < -0.3 is 16.0 Å². The van der Waals surface area contributed by atoms with E-state index in [1.54, 1.807) is 12.4 Å². The summed E-state index contributed by atoms with van der Waals surface area (Å²) in [5.74, 6) is 1.05. The fourth-order valence-electron chi connectivity index (χ4n) is 3.10. The van der Waals surface area contributed by atoms with E-state index in [-0.39, 0.29) is 5.91 Å². The molecule has 0 aliphatic carbocycles. The van der Waals surface area contributed by atoms with Crippen molar-refractivity contribution in [2.45, 2.75) is 13.5 Å². The molecule has 0 atom stereocenters. The van der Waals surface area contributed by atoms with Gasteiger partial charge in [-0.2, -0.15) is 0 Å². The van der Waals surface area contributed by atoms with Crippen LogP contribution in [0.2, 0.25) is 0 Å². The predicted octanol–water partition coefficient (Wildman–Crippen LogP) is 4.30. The smallest absolute Gasteiger partial charge is 0.254 e. The number of amides is 1. The van der Waals surface area contributed by atoms with E-state index in [1.807, 2.05) is 43.3 Å². The number of fused-ring (bicyclic) bond motifs is 1. The third kappa shape index (κ3) is 4.50. The van der Waals surface area contributed by atoms with Crippen molar-refractivity contribution >= 4 is 29.2 Å². The molecule has 6 nitrogen and oxygen atoms in total. The number of carbonyl (C=O) groups excluding carboxylic acids is 1. The molecule has 0 bridgehead atoms. The third-order valence-corrected chi connectivity index (χ3v) is 4.38. The Labute approximate surface area is 170 Å². The maximum Gasteiger partial charge on any atom is 0.254 e. The van der Waals surface area contributed by atoms with Crippen LogP contribution in [0.25, 0.3) is 5.57 Å². The minimum atomic E-state index is -0.112. The molecule has 1 aromatic carbocycles. The van der Waals surface area contributed by atoms with E-state index < -0.39 is 0 Å². The van der Waals surface area contributed by atoms with E-state index in [9.17, 15) is 4.79 Å². The highest BCUT2D eigenvalue weighted by atomic mass is 16.1. The number of hydrogen-bond donors (Lipinski definition) is 3. The summed E-state index contributed by atoms with van der Waals surface area (Å²) in [4.78, 5) is 21.0. The summed E-state index contributed by atoms with van der Waals surface area (Å²) in [6.45, 7) is 13.8. The molecular weight excluding hydrogens is 362 g/mol. The summed E-state index contributed by atoms with van der Waals surface area (Å²) in [5.41, 5.74) is 4.96. The Morgan fingerprint density at radius 2 is 2.10 bits per heavy atom. The average molecular weight is 385 g/mol. The number of carbonyl (C=O) groups is 1. The normalized spacial score (nSPS) is 13.0. The summed E-state index contributed by atoms with van der Waals surface area (Å²) < 4.78 is 0. The van der Waals surface area contributed by atoms with E-state index in [0.29, 0.717) is 23.7 Å². The lowest BCUT2D eigenvalue weighted by molar-refractivity contribution is 0.0966. The van der Waals surface area contributed by atoms with Crippen LogP contribution in [0.3, 0.4) is 0 Å². The molecule has 0 unspecified atom stereocenters. The number of hydrogen-bond acceptors (Lipinski definition) is 5. The Kier molecular flexibility index (Phi) is 6.04. The lowest BCUT2D eigenvalue weighted by atomic mass is 9.92. The second kappa shape index (κ2) is 8.84. The first-order valence-electron chi connectivity index (χ1n) is 9.10. The second-order valence-corrected chi connectivity index (χ2v) is 6.47. The number of anilines is 2. The maximum atomic E-state index is 12.5. The van der Waals surface area contributed by atoms with Gasteiger partial charge in [-0.3, -0.25) is 4.79 Å². The van der Waals surface area contributed by atoms with Gasteiger partial charge in [-0.25, -0.2) is 9.98 Å². The van der Waals surface area contributed by atoms with Crippen molar-refractivity contribution in [1.82, 2.24) is 15.6 Å². The summed E-state index contributed by atoms with van der Waals surface area (Å²) in [7, 11) is 0. The first-order chi connectivity index (χ1) is 14.0. The van der Waals surface area contributed by atoms with Gasteiger partial charge in [0.25, 0.3) is 5.91 Å². The highest BCUT2D eigenvalue weighted by Crippen LogP contribution is 2.34. The zero-order valence-electron chi connectivity index (χ0n) is 16.3. The molecule has 2 aromatic rings. The molecule has 6 heteroatoms. The van der Waals surface area contributed by atoms with E-state index in [4.69, 9.17) is 0 Å². The van der Waals surface area contributed by atoms with Crippen molar-refractivity contribution in [3.8, 4) is 0 Å². The number of allylic oxidation sites excluding steroid dienone is 3. The number of nitrogens with one attached hydrogen (secondary N) is 3. The van der Waals surface area contributed by atoms with Crippen molar-refractivity contribution in [2.24, 2.45) is 4.99 Å². The highest BCUT2D eigenvalue weighted by Gasteiger charge is 2.26. The van der Waals surface area contributed by atoms with Crippen LogP contribution in [0.4, 0.5) is 11.5 Å². The summed E-state index contributed by atoms with van der Waals surface area (Å²) in [5, 5.41) is 8.96. The molecule has 1 aliphatic rings. The van der Waals surface area contributed by atoms with Gasteiger partial charge in [0.1, 0.15) is 11.6 Å². The lowest BCUT2D eigenvalue weighted by Gasteiger charge is -2.15. The molecule has 1 aliphatic heterocycles. The van der Waals surface area contributed by atoms with Gasteiger partial charge >= 0.3 is 0 Å². The monoisotopic (exact) mass is 385 g/mol. The number of aromatic nitrogens is 1. The van der Waals surface area contributed by atoms with Crippen LogP contribution >= 0.6 is 0 Å². The molecule has 0 saturated heterocycles. The van der Waals surface area contributed by atoms with Crippen LogP contribution in [-0.2, 0) is 6.54 Å².